The van der Waals surface area contributed by atoms with Crippen LogP contribution in [-0.4, -0.2) is 80.7 Å². The largest absolute Gasteiger partial charge is 0.496 e. The quantitative estimate of drug-likeness (QED) is 0.538. The van der Waals surface area contributed by atoms with Crippen molar-refractivity contribution < 1.29 is 20.4 Å². The maximum Gasteiger partial charge on any atom is 0.237 e. The number of nitrogens with one attached hydrogen (secondary N) is 1. The molecular weight excluding hydrogens is 492 g/mol. The van der Waals surface area contributed by atoms with Gasteiger partial charge in [0.15, 0.2) is 0 Å². The second-order valence-electron chi connectivity index (χ2n) is 9.87. The van der Waals surface area contributed by atoms with Gasteiger partial charge in [-0.3, -0.25) is 19.6 Å². The second-order valence-corrected chi connectivity index (χ2v) is 9.87. The Kier molecular flexibility index (Phi) is 12.7. The Hall–Kier alpha value is -3.10. The fourth-order valence-corrected chi connectivity index (χ4v) is 4.75. The Morgan fingerprint density at radius 3 is 1.97 bits per heavy atom. The summed E-state index contributed by atoms with van der Waals surface area (Å²) in [4.78, 5) is 20.6. The van der Waals surface area contributed by atoms with Gasteiger partial charge < -0.3 is 19.5 Å². The summed E-state index contributed by atoms with van der Waals surface area (Å²) in [5.74, 6) is 2.81. The molecule has 8 heteroatoms. The van der Waals surface area contributed by atoms with Gasteiger partial charge in [-0.1, -0.05) is 31.7 Å². The molecular formula is C31H50N4O4. The van der Waals surface area contributed by atoms with Gasteiger partial charge in [0.25, 0.3) is 0 Å². The first-order valence-electron chi connectivity index (χ1n) is 13.5. The molecule has 0 unspecified atom stereocenters. The average Bonchev–Trinajstić information content (AvgIpc) is 2.91. The molecule has 0 aliphatic carbocycles. The molecule has 1 N–H and O–H groups in total. The number of ether oxygens (including phenoxy) is 3. The van der Waals surface area contributed by atoms with Gasteiger partial charge >= 0.3 is 0 Å². The van der Waals surface area contributed by atoms with Crippen LogP contribution < -0.4 is 14.8 Å². The van der Waals surface area contributed by atoms with E-state index < -0.39 is 0 Å². The normalized spacial score (nSPS) is 19.6. The Morgan fingerprint density at radius 1 is 0.923 bits per heavy atom. The van der Waals surface area contributed by atoms with Crippen molar-refractivity contribution in [2.45, 2.75) is 67.2 Å². The SMILES string of the molecule is C.CCOC1=NCCN(Cc2ccc(C)cc2OC)[C@@H]1C.COc1cc(C)ccc1CN1CCNC(=O)[C@H]1C.[2HH]. The fourth-order valence-electron chi connectivity index (χ4n) is 4.75. The molecule has 218 valence electrons. The third-order valence-electron chi connectivity index (χ3n) is 7.11. The zero-order valence-electron chi connectivity index (χ0n) is 24.0. The number of methoxy groups -OCH3 is 2. The molecule has 2 atom stereocenters. The van der Waals surface area contributed by atoms with Crippen molar-refractivity contribution in [1.82, 2.24) is 15.1 Å². The molecule has 1 fully saturated rings. The number of nitrogens with zero attached hydrogens (tertiary/aromatic N) is 3. The van der Waals surface area contributed by atoms with Crippen LogP contribution >= 0.6 is 0 Å². The molecule has 0 bridgehead atoms. The zero-order chi connectivity index (χ0) is 27.7. The molecule has 0 spiro atoms. The third kappa shape index (κ3) is 8.70. The van der Waals surface area contributed by atoms with Crippen LogP contribution in [0.25, 0.3) is 0 Å². The number of hydrogen-bond donors (Lipinski definition) is 1. The van der Waals surface area contributed by atoms with Gasteiger partial charge in [-0.25, -0.2) is 0 Å². The second kappa shape index (κ2) is 15.5. The molecule has 4 rings (SSSR count). The van der Waals surface area contributed by atoms with Crippen molar-refractivity contribution >= 4 is 11.8 Å². The standard InChI is InChI=1S/C16H24N2O2.C14H20N2O2.CH4.H2/c1-5-20-16-13(3)18(9-8-17-16)11-14-7-6-12(2)10-15(14)19-4;1-10-4-5-12(13(8-10)18-3)9-16-7-6-15-14(17)11(16)2;;/h6-7,10,13H,5,8-9,11H2,1-4H3;4-5,8,11H,6-7,9H2,1-3H3,(H,15,17);1H4;1H/t13-;11-;;/m11../s1/i;;;1+1. The number of rotatable bonds is 7. The van der Waals surface area contributed by atoms with E-state index in [1.165, 1.54) is 16.7 Å². The van der Waals surface area contributed by atoms with Gasteiger partial charge in [-0.05, 0) is 57.9 Å². The minimum absolute atomic E-state index is 0. The summed E-state index contributed by atoms with van der Waals surface area (Å²) in [6, 6.07) is 12.7. The molecule has 8 nitrogen and oxygen atoms in total. The van der Waals surface area contributed by atoms with Crippen molar-refractivity contribution in [1.29, 1.82) is 0 Å². The van der Waals surface area contributed by atoms with Crippen molar-refractivity contribution in [2.24, 2.45) is 4.99 Å². The molecule has 2 aromatic rings. The molecule has 2 aliphatic rings. The van der Waals surface area contributed by atoms with Crippen molar-refractivity contribution in [3.63, 3.8) is 0 Å². The lowest BCUT2D eigenvalue weighted by atomic mass is 10.1. The van der Waals surface area contributed by atoms with E-state index in [1.807, 2.05) is 26.8 Å². The van der Waals surface area contributed by atoms with E-state index in [9.17, 15) is 4.79 Å². The summed E-state index contributed by atoms with van der Waals surface area (Å²) in [5, 5.41) is 2.87. The van der Waals surface area contributed by atoms with Crippen molar-refractivity contribution in [2.75, 3.05) is 47.0 Å². The van der Waals surface area contributed by atoms with Crippen LogP contribution in [0.1, 0.15) is 51.9 Å². The third-order valence-corrected chi connectivity index (χ3v) is 7.11. The number of benzene rings is 2. The molecule has 0 radical (unpaired) electrons. The molecule has 1 amide bonds. The maximum atomic E-state index is 11.6. The van der Waals surface area contributed by atoms with Gasteiger partial charge in [0, 0.05) is 45.3 Å². The number of carbonyl (C=O) groups is 1. The Balaban J connectivity index is 0.000000383. The van der Waals surface area contributed by atoms with Crippen molar-refractivity contribution in [3.8, 4) is 11.5 Å². The molecule has 0 aromatic heterocycles. The highest BCUT2D eigenvalue weighted by Crippen LogP contribution is 2.24. The first-order chi connectivity index (χ1) is 18.3. The maximum absolute atomic E-state index is 11.6. The summed E-state index contributed by atoms with van der Waals surface area (Å²) in [6.45, 7) is 15.8. The van der Waals surface area contributed by atoms with E-state index in [0.717, 1.165) is 62.2 Å². The molecule has 0 saturated carbocycles. The van der Waals surface area contributed by atoms with Gasteiger partial charge in [0.05, 0.1) is 39.5 Å². The highest BCUT2D eigenvalue weighted by Gasteiger charge is 2.26. The highest BCUT2D eigenvalue weighted by atomic mass is 16.5. The number of piperazine rings is 1. The van der Waals surface area contributed by atoms with Crippen LogP contribution in [0.4, 0.5) is 0 Å². The predicted octanol–water partition coefficient (Wildman–Crippen LogP) is 4.85. The molecule has 2 heterocycles. The molecule has 39 heavy (non-hydrogen) atoms. The zero-order valence-corrected chi connectivity index (χ0v) is 24.0. The average molecular weight is 544 g/mol. The first-order valence-corrected chi connectivity index (χ1v) is 13.5. The van der Waals surface area contributed by atoms with E-state index in [4.69, 9.17) is 14.2 Å². The highest BCUT2D eigenvalue weighted by molar-refractivity contribution is 5.82. The van der Waals surface area contributed by atoms with E-state index in [0.29, 0.717) is 6.61 Å². The lowest BCUT2D eigenvalue weighted by Crippen LogP contribution is -2.53. The van der Waals surface area contributed by atoms with Gasteiger partial charge in [-0.15, -0.1) is 0 Å². The van der Waals surface area contributed by atoms with E-state index in [1.54, 1.807) is 14.2 Å². The number of aryl methyl sites for hydroxylation is 2. The minimum Gasteiger partial charge on any atom is -0.496 e. The van der Waals surface area contributed by atoms with E-state index in [-0.39, 0.29) is 26.8 Å². The van der Waals surface area contributed by atoms with Crippen LogP contribution in [-0.2, 0) is 22.6 Å². The van der Waals surface area contributed by atoms with Crippen LogP contribution in [0.2, 0.25) is 0 Å². The lowest BCUT2D eigenvalue weighted by Gasteiger charge is -2.33. The van der Waals surface area contributed by atoms with E-state index >= 15 is 0 Å². The predicted molar refractivity (Wildman–Crippen MR) is 161 cm³/mol. The number of hydrogen-bond acceptors (Lipinski definition) is 7. The summed E-state index contributed by atoms with van der Waals surface area (Å²) in [5.41, 5.74) is 4.74. The smallest absolute Gasteiger partial charge is 0.237 e. The van der Waals surface area contributed by atoms with E-state index in [2.05, 4.69) is 64.3 Å². The molecule has 2 aromatic carbocycles. The number of amides is 1. The number of carbonyl (C=O) groups excluding carboxylic acids is 1. The Labute approximate surface area is 236 Å². The summed E-state index contributed by atoms with van der Waals surface area (Å²) in [7, 11) is 3.41. The summed E-state index contributed by atoms with van der Waals surface area (Å²) < 4.78 is 16.5. The number of aliphatic imine (C=N–C) groups is 1. The lowest BCUT2D eigenvalue weighted by molar-refractivity contribution is -0.128. The summed E-state index contributed by atoms with van der Waals surface area (Å²) in [6.07, 6.45) is 0. The Morgan fingerprint density at radius 2 is 1.46 bits per heavy atom. The minimum atomic E-state index is -0.0789. The van der Waals surface area contributed by atoms with Crippen LogP contribution in [0.3, 0.4) is 0 Å². The van der Waals surface area contributed by atoms with Crippen LogP contribution in [0.5, 0.6) is 11.5 Å². The first kappa shape index (κ1) is 32.1. The van der Waals surface area contributed by atoms with Crippen LogP contribution in [0, 0.1) is 13.8 Å². The van der Waals surface area contributed by atoms with Crippen molar-refractivity contribution in [3.05, 3.63) is 58.7 Å². The summed E-state index contributed by atoms with van der Waals surface area (Å²) >= 11 is 0. The molecule has 2 aliphatic heterocycles. The molecule has 1 saturated heterocycles. The van der Waals surface area contributed by atoms with Gasteiger partial charge in [0.2, 0.25) is 11.8 Å². The monoisotopic (exact) mass is 543 g/mol. The van der Waals surface area contributed by atoms with Gasteiger partial charge in [-0.2, -0.15) is 0 Å². The van der Waals surface area contributed by atoms with Gasteiger partial charge in [0.1, 0.15) is 11.5 Å². The Bertz CT molecular complexity index is 1110. The fraction of sp³-hybridized carbons (Fsp3) is 0.548. The van der Waals surface area contributed by atoms with Crippen LogP contribution in [0.15, 0.2) is 41.4 Å². The topological polar surface area (TPSA) is 75.6 Å².